The molecule has 1 aliphatic heterocycles. The van der Waals surface area contributed by atoms with E-state index in [9.17, 15) is 22.8 Å². The van der Waals surface area contributed by atoms with Crippen LogP contribution in [0.5, 0.6) is 0 Å². The fourth-order valence-electron chi connectivity index (χ4n) is 4.40. The van der Waals surface area contributed by atoms with Crippen LogP contribution in [-0.2, 0) is 17.5 Å². The van der Waals surface area contributed by atoms with Gasteiger partial charge in [0, 0.05) is 10.0 Å². The molecular formula is C27H21BrF3N3O3. The molecule has 5 rings (SSSR count). The van der Waals surface area contributed by atoms with Crippen molar-refractivity contribution in [2.45, 2.75) is 37.8 Å². The van der Waals surface area contributed by atoms with Gasteiger partial charge in [0.1, 0.15) is 0 Å². The van der Waals surface area contributed by atoms with Crippen LogP contribution >= 0.6 is 15.9 Å². The summed E-state index contributed by atoms with van der Waals surface area (Å²) in [6, 6.07) is 18.6. The van der Waals surface area contributed by atoms with Crippen molar-refractivity contribution in [3.63, 3.8) is 0 Å². The van der Waals surface area contributed by atoms with Crippen LogP contribution in [0.15, 0.2) is 82.1 Å². The van der Waals surface area contributed by atoms with Crippen molar-refractivity contribution < 1.29 is 22.7 Å². The van der Waals surface area contributed by atoms with E-state index in [1.54, 1.807) is 48.5 Å². The maximum atomic E-state index is 13.4. The van der Waals surface area contributed by atoms with Crippen LogP contribution in [-0.4, -0.2) is 21.6 Å². The van der Waals surface area contributed by atoms with E-state index in [-0.39, 0.29) is 18.1 Å². The van der Waals surface area contributed by atoms with Gasteiger partial charge >= 0.3 is 6.18 Å². The lowest BCUT2D eigenvalue weighted by Crippen LogP contribution is -2.31. The number of halogens is 4. The Hall–Kier alpha value is -3.50. The third-order valence-electron chi connectivity index (χ3n) is 6.28. The number of carbonyl (C=O) groups excluding carboxylic acids is 1. The highest BCUT2D eigenvalue weighted by Gasteiger charge is 2.32. The van der Waals surface area contributed by atoms with Crippen LogP contribution in [0.4, 0.5) is 19.1 Å². The van der Waals surface area contributed by atoms with Gasteiger partial charge in [0.2, 0.25) is 5.95 Å². The first-order valence-electron chi connectivity index (χ1n) is 11.6. The van der Waals surface area contributed by atoms with Gasteiger partial charge in [-0.05, 0) is 60.9 Å². The Labute approximate surface area is 218 Å². The molecule has 3 aromatic carbocycles. The van der Waals surface area contributed by atoms with Crippen molar-refractivity contribution in [1.29, 1.82) is 0 Å². The Bertz CT molecular complexity index is 1510. The maximum Gasteiger partial charge on any atom is 0.416 e. The lowest BCUT2D eigenvalue weighted by atomic mass is 10.0. The van der Waals surface area contributed by atoms with Crippen molar-refractivity contribution in [2.75, 3.05) is 5.32 Å². The van der Waals surface area contributed by atoms with E-state index in [4.69, 9.17) is 4.74 Å². The second-order valence-electron chi connectivity index (χ2n) is 8.78. The minimum atomic E-state index is -4.40. The number of hydrogen-bond acceptors (Lipinski definition) is 4. The van der Waals surface area contributed by atoms with Gasteiger partial charge < -0.3 is 4.74 Å². The number of anilines is 1. The summed E-state index contributed by atoms with van der Waals surface area (Å²) < 4.78 is 47.0. The molecular weight excluding hydrogens is 551 g/mol. The Morgan fingerprint density at radius 2 is 1.78 bits per heavy atom. The van der Waals surface area contributed by atoms with Crippen LogP contribution in [0.3, 0.4) is 0 Å². The summed E-state index contributed by atoms with van der Waals surface area (Å²) in [5, 5.41) is 3.14. The van der Waals surface area contributed by atoms with Gasteiger partial charge in [-0.2, -0.15) is 13.2 Å². The van der Waals surface area contributed by atoms with Crippen LogP contribution in [0.25, 0.3) is 10.9 Å². The van der Waals surface area contributed by atoms with Crippen molar-refractivity contribution in [3.05, 3.63) is 104 Å². The zero-order chi connectivity index (χ0) is 26.2. The molecule has 0 radical (unpaired) electrons. The Balaban J connectivity index is 1.42. The fourth-order valence-corrected chi connectivity index (χ4v) is 4.75. The molecule has 1 amide bonds. The summed E-state index contributed by atoms with van der Waals surface area (Å²) in [6.07, 6.45) is -4.02. The molecule has 0 aliphatic carbocycles. The van der Waals surface area contributed by atoms with E-state index < -0.39 is 29.9 Å². The number of fused-ring (bicyclic) bond motifs is 1. The third-order valence-corrected chi connectivity index (χ3v) is 6.78. The highest BCUT2D eigenvalue weighted by Crippen LogP contribution is 2.36. The SMILES string of the molecule is O=C(Nc1nc2cc(Br)ccc2c(=O)n1CC1CCC(c2ccc(C(F)(F)F)cc2)O1)c1ccccc1. The zero-order valence-electron chi connectivity index (χ0n) is 19.3. The summed E-state index contributed by atoms with van der Waals surface area (Å²) >= 11 is 3.38. The maximum absolute atomic E-state index is 13.4. The molecule has 4 aromatic rings. The van der Waals surface area contributed by atoms with Gasteiger partial charge in [0.25, 0.3) is 11.5 Å². The average Bonchev–Trinajstić information content (AvgIpc) is 3.35. The van der Waals surface area contributed by atoms with Crippen molar-refractivity contribution >= 4 is 38.7 Å². The highest BCUT2D eigenvalue weighted by atomic mass is 79.9. The van der Waals surface area contributed by atoms with Crippen LogP contribution in [0.1, 0.15) is 40.4 Å². The quantitative estimate of drug-likeness (QED) is 0.303. The van der Waals surface area contributed by atoms with E-state index in [0.29, 0.717) is 34.9 Å². The number of benzene rings is 3. The Morgan fingerprint density at radius 1 is 1.05 bits per heavy atom. The summed E-state index contributed by atoms with van der Waals surface area (Å²) in [7, 11) is 0. The topological polar surface area (TPSA) is 73.2 Å². The molecule has 2 atom stereocenters. The Morgan fingerprint density at radius 3 is 2.49 bits per heavy atom. The Kier molecular flexibility index (Phi) is 6.87. The zero-order valence-corrected chi connectivity index (χ0v) is 20.9. The number of nitrogens with zero attached hydrogens (tertiary/aromatic N) is 2. The second kappa shape index (κ2) is 10.1. The highest BCUT2D eigenvalue weighted by molar-refractivity contribution is 9.10. The van der Waals surface area contributed by atoms with Crippen LogP contribution in [0, 0.1) is 0 Å². The number of hydrogen-bond donors (Lipinski definition) is 1. The van der Waals surface area contributed by atoms with E-state index in [0.717, 1.165) is 16.6 Å². The van der Waals surface area contributed by atoms with E-state index >= 15 is 0 Å². The monoisotopic (exact) mass is 571 g/mol. The smallest absolute Gasteiger partial charge is 0.368 e. The van der Waals surface area contributed by atoms with Gasteiger partial charge in [-0.15, -0.1) is 0 Å². The molecule has 1 fully saturated rings. The van der Waals surface area contributed by atoms with Gasteiger partial charge in [-0.1, -0.05) is 46.3 Å². The molecule has 0 spiro atoms. The minimum Gasteiger partial charge on any atom is -0.368 e. The molecule has 2 unspecified atom stereocenters. The van der Waals surface area contributed by atoms with Crippen LogP contribution < -0.4 is 10.9 Å². The standard InChI is InChI=1S/C27H21BrF3N3O3/c28-19-10-12-21-22(14-19)32-26(33-24(35)17-4-2-1-3-5-17)34(25(21)36)15-20-11-13-23(37-20)16-6-8-18(9-7-16)27(29,30)31/h1-10,12,14,20,23H,11,13,15H2,(H,32,33,35). The number of nitrogens with one attached hydrogen (secondary N) is 1. The lowest BCUT2D eigenvalue weighted by Gasteiger charge is -2.19. The van der Waals surface area contributed by atoms with Gasteiger partial charge in [0.15, 0.2) is 0 Å². The van der Waals surface area contributed by atoms with Gasteiger partial charge in [0.05, 0.1) is 35.2 Å². The largest absolute Gasteiger partial charge is 0.416 e. The molecule has 10 heteroatoms. The summed E-state index contributed by atoms with van der Waals surface area (Å²) in [5.41, 5.74) is 0.431. The molecule has 2 heterocycles. The number of rotatable bonds is 5. The van der Waals surface area contributed by atoms with Crippen molar-refractivity contribution in [3.8, 4) is 0 Å². The summed E-state index contributed by atoms with van der Waals surface area (Å²) in [6.45, 7) is 0.124. The lowest BCUT2D eigenvalue weighted by molar-refractivity contribution is -0.137. The number of ether oxygens (including phenoxy) is 1. The fraction of sp³-hybridized carbons (Fsp3) is 0.222. The predicted octanol–water partition coefficient (Wildman–Crippen LogP) is 6.35. The van der Waals surface area contributed by atoms with Crippen molar-refractivity contribution in [2.24, 2.45) is 0 Å². The molecule has 0 saturated carbocycles. The molecule has 1 aliphatic rings. The predicted molar refractivity (Wildman–Crippen MR) is 136 cm³/mol. The second-order valence-corrected chi connectivity index (χ2v) is 9.69. The van der Waals surface area contributed by atoms with Gasteiger partial charge in [-0.3, -0.25) is 19.5 Å². The first kappa shape index (κ1) is 25.2. The number of aromatic nitrogens is 2. The van der Waals surface area contributed by atoms with E-state index in [2.05, 4.69) is 26.2 Å². The summed E-state index contributed by atoms with van der Waals surface area (Å²) in [5.74, 6) is -0.323. The number of carbonyl (C=O) groups is 1. The van der Waals surface area contributed by atoms with Crippen LogP contribution in [0.2, 0.25) is 0 Å². The molecule has 0 bridgehead atoms. The number of amides is 1. The molecule has 37 heavy (non-hydrogen) atoms. The van der Waals surface area contributed by atoms with E-state index in [1.807, 2.05) is 0 Å². The third kappa shape index (κ3) is 5.45. The molecule has 190 valence electrons. The molecule has 1 aromatic heterocycles. The first-order chi connectivity index (χ1) is 17.7. The molecule has 1 N–H and O–H groups in total. The normalized spacial score (nSPS) is 17.7. The number of alkyl halides is 3. The minimum absolute atomic E-state index is 0.0889. The molecule has 1 saturated heterocycles. The van der Waals surface area contributed by atoms with Crippen molar-refractivity contribution in [1.82, 2.24) is 9.55 Å². The average molecular weight is 572 g/mol. The van der Waals surface area contributed by atoms with Gasteiger partial charge in [-0.25, -0.2) is 4.98 Å². The van der Waals surface area contributed by atoms with E-state index in [1.165, 1.54) is 16.7 Å². The first-order valence-corrected chi connectivity index (χ1v) is 12.4. The summed E-state index contributed by atoms with van der Waals surface area (Å²) in [4.78, 5) is 30.9. The molecule has 6 nitrogen and oxygen atoms in total.